The van der Waals surface area contributed by atoms with Gasteiger partial charge in [0, 0.05) is 7.05 Å². The fourth-order valence-corrected chi connectivity index (χ4v) is 2.16. The largest absolute Gasteiger partial charge is 0.454 e. The third kappa shape index (κ3) is 2.13. The summed E-state index contributed by atoms with van der Waals surface area (Å²) >= 11 is 0. The minimum Gasteiger partial charge on any atom is -0.454 e. The van der Waals surface area contributed by atoms with Crippen LogP contribution in [0.2, 0.25) is 0 Å². The van der Waals surface area contributed by atoms with E-state index in [-0.39, 0.29) is 6.79 Å². The third-order valence-electron chi connectivity index (χ3n) is 3.21. The molecule has 5 heteroatoms. The van der Waals surface area contributed by atoms with Crippen LogP contribution in [-0.4, -0.2) is 16.3 Å². The molecule has 0 bridgehead atoms. The van der Waals surface area contributed by atoms with Crippen LogP contribution in [0.25, 0.3) is 0 Å². The number of hydrogen-bond acceptors (Lipinski definition) is 4. The second-order valence-electron chi connectivity index (χ2n) is 4.45. The van der Waals surface area contributed by atoms with Crippen LogP contribution in [0.3, 0.4) is 0 Å². The minimum absolute atomic E-state index is 0.289. The van der Waals surface area contributed by atoms with Crippen molar-refractivity contribution in [3.05, 3.63) is 41.5 Å². The molecule has 2 aromatic rings. The highest BCUT2D eigenvalue weighted by atomic mass is 16.7. The summed E-state index contributed by atoms with van der Waals surface area (Å²) in [5, 5.41) is 9.06. The number of ether oxygens (including phenoxy) is 2. The third-order valence-corrected chi connectivity index (χ3v) is 3.21. The molecule has 0 N–H and O–H groups in total. The van der Waals surface area contributed by atoms with Crippen molar-refractivity contribution >= 4 is 0 Å². The predicted molar refractivity (Wildman–Crippen MR) is 67.9 cm³/mol. The Hall–Kier alpha value is -2.48. The first kappa shape index (κ1) is 11.6. The lowest BCUT2D eigenvalue weighted by Gasteiger charge is -2.02. The van der Waals surface area contributed by atoms with Crippen LogP contribution in [0.4, 0.5) is 0 Å². The van der Waals surface area contributed by atoms with Gasteiger partial charge in [-0.1, -0.05) is 6.07 Å². The average Bonchev–Trinajstić information content (AvgIpc) is 3.01. The van der Waals surface area contributed by atoms with Crippen molar-refractivity contribution in [1.82, 2.24) is 9.55 Å². The smallest absolute Gasteiger partial charge is 0.231 e. The van der Waals surface area contributed by atoms with E-state index in [2.05, 4.69) is 11.1 Å². The number of hydrogen-bond donors (Lipinski definition) is 0. The Morgan fingerprint density at radius 3 is 3.00 bits per heavy atom. The van der Waals surface area contributed by atoms with Gasteiger partial charge in [-0.05, 0) is 30.5 Å². The summed E-state index contributed by atoms with van der Waals surface area (Å²) < 4.78 is 12.4. The van der Waals surface area contributed by atoms with Crippen molar-refractivity contribution in [3.8, 4) is 17.6 Å². The fourth-order valence-electron chi connectivity index (χ4n) is 2.16. The topological polar surface area (TPSA) is 60.1 Å². The van der Waals surface area contributed by atoms with Gasteiger partial charge in [0.2, 0.25) is 6.79 Å². The molecule has 96 valence electrons. The molecule has 1 aliphatic heterocycles. The van der Waals surface area contributed by atoms with E-state index in [1.54, 1.807) is 10.9 Å². The van der Waals surface area contributed by atoms with Gasteiger partial charge >= 0.3 is 0 Å². The number of nitrogens with zero attached hydrogens (tertiary/aromatic N) is 3. The second-order valence-corrected chi connectivity index (χ2v) is 4.45. The Balaban J connectivity index is 1.74. The molecule has 0 fully saturated rings. The molecule has 0 aliphatic carbocycles. The standard InChI is InChI=1S/C14H13N3O2/c1-17-8-16-11(12(17)7-15)4-2-10-3-5-13-14(6-10)19-9-18-13/h3,5-6,8H,2,4,9H2,1H3. The Bertz CT molecular complexity index is 655. The molecule has 19 heavy (non-hydrogen) atoms. The second kappa shape index (κ2) is 4.65. The summed E-state index contributed by atoms with van der Waals surface area (Å²) in [6.45, 7) is 0.289. The van der Waals surface area contributed by atoms with Gasteiger partial charge in [0.15, 0.2) is 11.5 Å². The summed E-state index contributed by atoms with van der Waals surface area (Å²) in [5.41, 5.74) is 2.61. The van der Waals surface area contributed by atoms with Crippen LogP contribution in [0.1, 0.15) is 17.0 Å². The van der Waals surface area contributed by atoms with E-state index < -0.39 is 0 Å². The van der Waals surface area contributed by atoms with Gasteiger partial charge < -0.3 is 14.0 Å². The van der Waals surface area contributed by atoms with Gasteiger partial charge in [-0.3, -0.25) is 0 Å². The summed E-state index contributed by atoms with van der Waals surface area (Å²) in [6, 6.07) is 8.10. The van der Waals surface area contributed by atoms with E-state index in [0.717, 1.165) is 35.6 Å². The van der Waals surface area contributed by atoms with Gasteiger partial charge in [0.25, 0.3) is 0 Å². The van der Waals surface area contributed by atoms with Crippen molar-refractivity contribution < 1.29 is 9.47 Å². The molecule has 1 aromatic heterocycles. The van der Waals surface area contributed by atoms with Crippen LogP contribution in [0.5, 0.6) is 11.5 Å². The lowest BCUT2D eigenvalue weighted by molar-refractivity contribution is 0.174. The summed E-state index contributed by atoms with van der Waals surface area (Å²) in [5.74, 6) is 1.58. The molecule has 0 amide bonds. The number of aryl methyl sites for hydroxylation is 3. The van der Waals surface area contributed by atoms with Crippen molar-refractivity contribution in [2.75, 3.05) is 6.79 Å². The SMILES string of the molecule is Cn1cnc(CCc2ccc3c(c2)OCO3)c1C#N. The molecular weight excluding hydrogens is 242 g/mol. The lowest BCUT2D eigenvalue weighted by atomic mass is 10.1. The van der Waals surface area contributed by atoms with Crippen molar-refractivity contribution in [3.63, 3.8) is 0 Å². The van der Waals surface area contributed by atoms with Crippen LogP contribution in [0, 0.1) is 11.3 Å². The van der Waals surface area contributed by atoms with Gasteiger partial charge in [-0.15, -0.1) is 0 Å². The number of imidazole rings is 1. The van der Waals surface area contributed by atoms with Crippen LogP contribution >= 0.6 is 0 Å². The van der Waals surface area contributed by atoms with Crippen molar-refractivity contribution in [1.29, 1.82) is 5.26 Å². The molecule has 0 atom stereocenters. The highest BCUT2D eigenvalue weighted by Crippen LogP contribution is 2.32. The first-order chi connectivity index (χ1) is 9.28. The monoisotopic (exact) mass is 255 g/mol. The van der Waals surface area contributed by atoms with Crippen molar-refractivity contribution in [2.45, 2.75) is 12.8 Å². The molecule has 0 unspecified atom stereocenters. The van der Waals surface area contributed by atoms with Crippen LogP contribution < -0.4 is 9.47 Å². The Morgan fingerprint density at radius 1 is 1.32 bits per heavy atom. The molecule has 5 nitrogen and oxygen atoms in total. The molecule has 0 saturated carbocycles. The zero-order chi connectivity index (χ0) is 13.2. The molecular formula is C14H13N3O2. The number of rotatable bonds is 3. The highest BCUT2D eigenvalue weighted by molar-refractivity contribution is 5.44. The normalized spacial score (nSPS) is 12.4. The maximum absolute atomic E-state index is 9.06. The minimum atomic E-state index is 0.289. The van der Waals surface area contributed by atoms with E-state index in [1.807, 2.05) is 25.2 Å². The van der Waals surface area contributed by atoms with Gasteiger partial charge in [0.05, 0.1) is 12.0 Å². The zero-order valence-electron chi connectivity index (χ0n) is 10.6. The van der Waals surface area contributed by atoms with Gasteiger partial charge in [-0.25, -0.2) is 4.98 Å². The number of fused-ring (bicyclic) bond motifs is 1. The van der Waals surface area contributed by atoms with Crippen molar-refractivity contribution in [2.24, 2.45) is 7.05 Å². The summed E-state index contributed by atoms with van der Waals surface area (Å²) in [7, 11) is 1.83. The van der Waals surface area contributed by atoms with E-state index in [1.165, 1.54) is 0 Å². The maximum Gasteiger partial charge on any atom is 0.231 e. The van der Waals surface area contributed by atoms with Crippen LogP contribution in [-0.2, 0) is 19.9 Å². The average molecular weight is 255 g/mol. The molecule has 0 radical (unpaired) electrons. The zero-order valence-corrected chi connectivity index (χ0v) is 10.6. The van der Waals surface area contributed by atoms with Crippen LogP contribution in [0.15, 0.2) is 24.5 Å². The summed E-state index contributed by atoms with van der Waals surface area (Å²) in [4.78, 5) is 4.26. The van der Waals surface area contributed by atoms with E-state index in [0.29, 0.717) is 5.69 Å². The molecule has 3 rings (SSSR count). The first-order valence-corrected chi connectivity index (χ1v) is 6.07. The number of nitriles is 1. The fraction of sp³-hybridized carbons (Fsp3) is 0.286. The maximum atomic E-state index is 9.06. The van der Waals surface area contributed by atoms with Gasteiger partial charge in [0.1, 0.15) is 11.8 Å². The predicted octanol–water partition coefficient (Wildman–Crippen LogP) is 1.81. The molecule has 0 spiro atoms. The Kier molecular flexibility index (Phi) is 2.84. The number of aromatic nitrogens is 2. The van der Waals surface area contributed by atoms with E-state index in [4.69, 9.17) is 14.7 Å². The van der Waals surface area contributed by atoms with E-state index >= 15 is 0 Å². The molecule has 2 heterocycles. The van der Waals surface area contributed by atoms with E-state index in [9.17, 15) is 0 Å². The number of benzene rings is 1. The Labute approximate surface area is 111 Å². The quantitative estimate of drug-likeness (QED) is 0.839. The Morgan fingerprint density at radius 2 is 2.16 bits per heavy atom. The lowest BCUT2D eigenvalue weighted by Crippen LogP contribution is -1.97. The molecule has 1 aliphatic rings. The first-order valence-electron chi connectivity index (χ1n) is 6.07. The van der Waals surface area contributed by atoms with Gasteiger partial charge in [-0.2, -0.15) is 5.26 Å². The highest BCUT2D eigenvalue weighted by Gasteiger charge is 2.14. The summed E-state index contributed by atoms with van der Waals surface area (Å²) in [6.07, 6.45) is 3.24. The molecule has 1 aromatic carbocycles. The molecule has 0 saturated heterocycles.